The Morgan fingerprint density at radius 3 is 2.07 bits per heavy atom. The molecule has 0 amide bonds. The van der Waals surface area contributed by atoms with Gasteiger partial charge in [0.25, 0.3) is 0 Å². The highest BCUT2D eigenvalue weighted by Gasteiger charge is 2.03. The van der Waals surface area contributed by atoms with E-state index in [1.54, 1.807) is 0 Å². The molecule has 0 radical (unpaired) electrons. The molecule has 0 bridgehead atoms. The first-order valence-corrected chi connectivity index (χ1v) is 6.31. The molecule has 84 valence electrons. The van der Waals surface area contributed by atoms with Gasteiger partial charge < -0.3 is 0 Å². The molecule has 0 fully saturated rings. The Morgan fingerprint density at radius 1 is 1.00 bits per heavy atom. The van der Waals surface area contributed by atoms with Crippen molar-refractivity contribution in [2.75, 3.05) is 0 Å². The summed E-state index contributed by atoms with van der Waals surface area (Å²) < 4.78 is 0. The maximum atomic E-state index is 3.77. The van der Waals surface area contributed by atoms with E-state index in [4.69, 9.17) is 0 Å². The van der Waals surface area contributed by atoms with Crippen molar-refractivity contribution in [3.63, 3.8) is 0 Å². The minimum atomic E-state index is 0.891. The minimum Gasteiger partial charge on any atom is -0.103 e. The van der Waals surface area contributed by atoms with Crippen LogP contribution in [0, 0.1) is 11.8 Å². The van der Waals surface area contributed by atoms with Crippen LogP contribution in [-0.2, 0) is 0 Å². The van der Waals surface area contributed by atoms with Gasteiger partial charge in [-0.1, -0.05) is 59.0 Å². The van der Waals surface area contributed by atoms with Crippen LogP contribution in [0.15, 0.2) is 12.7 Å². The molecule has 0 saturated carbocycles. The standard InChI is InChI=1S/C14H28/c1-5-7-10-14(4)12-8-11-13(3)9-6-2/h5,13-14H,1,6-12H2,2-4H3. The van der Waals surface area contributed by atoms with Crippen LogP contribution in [0.3, 0.4) is 0 Å². The molecule has 0 rings (SSSR count). The van der Waals surface area contributed by atoms with Gasteiger partial charge in [-0.25, -0.2) is 0 Å². The van der Waals surface area contributed by atoms with Crippen LogP contribution < -0.4 is 0 Å². The van der Waals surface area contributed by atoms with Crippen molar-refractivity contribution in [3.05, 3.63) is 12.7 Å². The lowest BCUT2D eigenvalue weighted by Gasteiger charge is -2.12. The maximum Gasteiger partial charge on any atom is -0.0351 e. The third kappa shape index (κ3) is 8.34. The SMILES string of the molecule is C=CCCC(C)CCCC(C)CCC. The van der Waals surface area contributed by atoms with Crippen LogP contribution >= 0.6 is 0 Å². The van der Waals surface area contributed by atoms with Gasteiger partial charge in [-0.2, -0.15) is 0 Å². The van der Waals surface area contributed by atoms with Crippen molar-refractivity contribution in [2.24, 2.45) is 11.8 Å². The maximum absolute atomic E-state index is 3.77. The first kappa shape index (κ1) is 13.7. The largest absolute Gasteiger partial charge is 0.103 e. The topological polar surface area (TPSA) is 0 Å². The van der Waals surface area contributed by atoms with Crippen LogP contribution in [-0.4, -0.2) is 0 Å². The number of rotatable bonds is 9. The van der Waals surface area contributed by atoms with E-state index in [0.29, 0.717) is 0 Å². The molecule has 0 nitrogen and oxygen atoms in total. The summed E-state index contributed by atoms with van der Waals surface area (Å²) in [6, 6.07) is 0. The molecule has 0 aliphatic carbocycles. The monoisotopic (exact) mass is 196 g/mol. The highest BCUT2D eigenvalue weighted by Crippen LogP contribution is 2.19. The highest BCUT2D eigenvalue weighted by atomic mass is 14.1. The fourth-order valence-corrected chi connectivity index (χ4v) is 2.00. The van der Waals surface area contributed by atoms with Crippen molar-refractivity contribution in [2.45, 2.75) is 65.7 Å². The molecule has 2 unspecified atom stereocenters. The molecule has 0 heteroatoms. The molecular weight excluding hydrogens is 168 g/mol. The van der Waals surface area contributed by atoms with Crippen LogP contribution in [0.25, 0.3) is 0 Å². The van der Waals surface area contributed by atoms with Gasteiger partial charge in [0.2, 0.25) is 0 Å². The molecule has 14 heavy (non-hydrogen) atoms. The molecule has 0 aromatic rings. The molecule has 0 spiro atoms. The predicted molar refractivity (Wildman–Crippen MR) is 66.5 cm³/mol. The highest BCUT2D eigenvalue weighted by molar-refractivity contribution is 4.68. The lowest BCUT2D eigenvalue weighted by atomic mass is 9.94. The number of allylic oxidation sites excluding steroid dienone is 1. The molecule has 0 aliphatic heterocycles. The summed E-state index contributed by atoms with van der Waals surface area (Å²) in [6.07, 6.45) is 11.5. The van der Waals surface area contributed by atoms with Crippen LogP contribution in [0.2, 0.25) is 0 Å². The molecule has 0 N–H and O–H groups in total. The van der Waals surface area contributed by atoms with Gasteiger partial charge in [0.15, 0.2) is 0 Å². The van der Waals surface area contributed by atoms with E-state index < -0.39 is 0 Å². The quantitative estimate of drug-likeness (QED) is 0.445. The Labute approximate surface area is 90.8 Å². The smallest absolute Gasteiger partial charge is 0.0351 e. The zero-order valence-corrected chi connectivity index (χ0v) is 10.4. The number of hydrogen-bond donors (Lipinski definition) is 0. The lowest BCUT2D eigenvalue weighted by molar-refractivity contribution is 0.411. The third-order valence-electron chi connectivity index (χ3n) is 3.04. The Bertz CT molecular complexity index is 126. The average Bonchev–Trinajstić information content (AvgIpc) is 2.15. The van der Waals surface area contributed by atoms with Gasteiger partial charge in [-0.3, -0.25) is 0 Å². The molecule has 0 heterocycles. The lowest BCUT2D eigenvalue weighted by Crippen LogP contribution is -1.98. The first-order chi connectivity index (χ1) is 6.70. The van der Waals surface area contributed by atoms with Crippen LogP contribution in [0.1, 0.15) is 65.7 Å². The van der Waals surface area contributed by atoms with Gasteiger partial charge >= 0.3 is 0 Å². The first-order valence-electron chi connectivity index (χ1n) is 6.31. The molecule has 0 aromatic carbocycles. The zero-order chi connectivity index (χ0) is 10.8. The van der Waals surface area contributed by atoms with E-state index in [9.17, 15) is 0 Å². The second-order valence-corrected chi connectivity index (χ2v) is 4.80. The normalized spacial score (nSPS) is 15.1. The second-order valence-electron chi connectivity index (χ2n) is 4.80. The minimum absolute atomic E-state index is 0.891. The van der Waals surface area contributed by atoms with Crippen molar-refractivity contribution >= 4 is 0 Å². The molecular formula is C14H28. The molecule has 0 saturated heterocycles. The van der Waals surface area contributed by atoms with E-state index in [2.05, 4.69) is 27.4 Å². The van der Waals surface area contributed by atoms with E-state index in [0.717, 1.165) is 11.8 Å². The van der Waals surface area contributed by atoms with Gasteiger partial charge in [0, 0.05) is 0 Å². The average molecular weight is 196 g/mol. The molecule has 2 atom stereocenters. The summed E-state index contributed by atoms with van der Waals surface area (Å²) >= 11 is 0. The Hall–Kier alpha value is -0.260. The van der Waals surface area contributed by atoms with Gasteiger partial charge in [-0.05, 0) is 24.7 Å². The molecule has 0 aliphatic rings. The van der Waals surface area contributed by atoms with Crippen LogP contribution in [0.4, 0.5) is 0 Å². The zero-order valence-electron chi connectivity index (χ0n) is 10.4. The Kier molecular flexibility index (Phi) is 9.13. The van der Waals surface area contributed by atoms with Gasteiger partial charge in [0.1, 0.15) is 0 Å². The van der Waals surface area contributed by atoms with Crippen molar-refractivity contribution in [1.29, 1.82) is 0 Å². The summed E-state index contributed by atoms with van der Waals surface area (Å²) in [5.41, 5.74) is 0. The van der Waals surface area contributed by atoms with Gasteiger partial charge in [0.05, 0.1) is 0 Å². The van der Waals surface area contributed by atoms with Crippen molar-refractivity contribution in [1.82, 2.24) is 0 Å². The van der Waals surface area contributed by atoms with E-state index in [1.807, 2.05) is 6.08 Å². The Morgan fingerprint density at radius 2 is 1.57 bits per heavy atom. The summed E-state index contributed by atoms with van der Waals surface area (Å²) in [7, 11) is 0. The van der Waals surface area contributed by atoms with Gasteiger partial charge in [-0.15, -0.1) is 6.58 Å². The van der Waals surface area contributed by atoms with Crippen molar-refractivity contribution in [3.8, 4) is 0 Å². The fourth-order valence-electron chi connectivity index (χ4n) is 2.00. The molecule has 0 aromatic heterocycles. The fraction of sp³-hybridized carbons (Fsp3) is 0.857. The van der Waals surface area contributed by atoms with E-state index in [-0.39, 0.29) is 0 Å². The summed E-state index contributed by atoms with van der Waals surface area (Å²) in [6.45, 7) is 10.8. The van der Waals surface area contributed by atoms with E-state index >= 15 is 0 Å². The van der Waals surface area contributed by atoms with Crippen LogP contribution in [0.5, 0.6) is 0 Å². The number of hydrogen-bond acceptors (Lipinski definition) is 0. The predicted octanol–water partition coefficient (Wildman–Crippen LogP) is 5.20. The van der Waals surface area contributed by atoms with E-state index in [1.165, 1.54) is 44.9 Å². The Balaban J connectivity index is 3.29. The summed E-state index contributed by atoms with van der Waals surface area (Å²) in [5.74, 6) is 1.83. The summed E-state index contributed by atoms with van der Waals surface area (Å²) in [5, 5.41) is 0. The summed E-state index contributed by atoms with van der Waals surface area (Å²) in [4.78, 5) is 0. The second kappa shape index (κ2) is 9.30. The van der Waals surface area contributed by atoms with Crippen molar-refractivity contribution < 1.29 is 0 Å². The third-order valence-corrected chi connectivity index (χ3v) is 3.04.